The number of aromatic hydroxyl groups is 1. The largest absolute Gasteiger partial charge is 0.507 e. The van der Waals surface area contributed by atoms with E-state index in [0.717, 1.165) is 21.5 Å². The molecule has 1 aromatic carbocycles. The average molecular weight is 320 g/mol. The van der Waals surface area contributed by atoms with E-state index in [1.165, 1.54) is 6.07 Å². The Bertz CT molecular complexity index is 679. The van der Waals surface area contributed by atoms with Crippen molar-refractivity contribution in [2.75, 3.05) is 27.2 Å². The van der Waals surface area contributed by atoms with Crippen molar-refractivity contribution in [2.45, 2.75) is 12.8 Å². The molecule has 5 nitrogen and oxygen atoms in total. The summed E-state index contributed by atoms with van der Waals surface area (Å²) in [4.78, 5) is 25.9. The van der Waals surface area contributed by atoms with Crippen LogP contribution >= 0.6 is 11.3 Å². The summed E-state index contributed by atoms with van der Waals surface area (Å²) in [6.07, 6.45) is 1.72. The van der Waals surface area contributed by atoms with Gasteiger partial charge in [-0.2, -0.15) is 0 Å². The normalized spacial score (nSPS) is 11.0. The molecule has 0 spiro atoms. The van der Waals surface area contributed by atoms with Gasteiger partial charge in [-0.3, -0.25) is 9.59 Å². The lowest BCUT2D eigenvalue weighted by molar-refractivity contribution is -0.121. The SMILES string of the molecule is CN(C)CCNC(=O)CCc1cc2c(C=O)c(O)ccc2s1. The molecule has 0 bridgehead atoms. The molecule has 0 fully saturated rings. The number of aldehydes is 1. The lowest BCUT2D eigenvalue weighted by atomic mass is 10.1. The van der Waals surface area contributed by atoms with Crippen LogP contribution in [0.3, 0.4) is 0 Å². The van der Waals surface area contributed by atoms with Gasteiger partial charge in [0.15, 0.2) is 6.29 Å². The van der Waals surface area contributed by atoms with Crippen LogP contribution in [0.4, 0.5) is 0 Å². The minimum absolute atomic E-state index is 0.00622. The number of fused-ring (bicyclic) bond motifs is 1. The summed E-state index contributed by atoms with van der Waals surface area (Å²) >= 11 is 1.55. The number of carbonyl (C=O) groups excluding carboxylic acids is 2. The van der Waals surface area contributed by atoms with Crippen LogP contribution < -0.4 is 5.32 Å². The summed E-state index contributed by atoms with van der Waals surface area (Å²) in [6.45, 7) is 1.46. The Morgan fingerprint density at radius 3 is 2.86 bits per heavy atom. The van der Waals surface area contributed by atoms with E-state index >= 15 is 0 Å². The molecule has 2 rings (SSSR count). The highest BCUT2D eigenvalue weighted by Gasteiger charge is 2.11. The maximum atomic E-state index is 11.8. The van der Waals surface area contributed by atoms with E-state index < -0.39 is 0 Å². The Morgan fingerprint density at radius 2 is 2.18 bits per heavy atom. The summed E-state index contributed by atoms with van der Waals surface area (Å²) in [5.41, 5.74) is 0.315. The third-order valence-electron chi connectivity index (χ3n) is 3.37. The van der Waals surface area contributed by atoms with Crippen LogP contribution in [0.5, 0.6) is 5.75 Å². The second-order valence-corrected chi connectivity index (χ2v) is 6.56. The van der Waals surface area contributed by atoms with Crippen molar-refractivity contribution >= 4 is 33.6 Å². The Balaban J connectivity index is 1.98. The van der Waals surface area contributed by atoms with Gasteiger partial charge < -0.3 is 15.3 Å². The van der Waals surface area contributed by atoms with Crippen molar-refractivity contribution in [2.24, 2.45) is 0 Å². The lowest BCUT2D eigenvalue weighted by Crippen LogP contribution is -2.31. The van der Waals surface area contributed by atoms with E-state index in [2.05, 4.69) is 5.32 Å². The van der Waals surface area contributed by atoms with E-state index in [1.54, 1.807) is 17.4 Å². The summed E-state index contributed by atoms with van der Waals surface area (Å²) in [6, 6.07) is 5.21. The first-order valence-corrected chi connectivity index (χ1v) is 7.94. The number of phenols is 1. The summed E-state index contributed by atoms with van der Waals surface area (Å²) < 4.78 is 0.947. The number of carbonyl (C=O) groups is 2. The first-order chi connectivity index (χ1) is 10.5. The topological polar surface area (TPSA) is 69.6 Å². The predicted octanol–water partition coefficient (Wildman–Crippen LogP) is 2.03. The van der Waals surface area contributed by atoms with Gasteiger partial charge in [0, 0.05) is 34.5 Å². The number of phenolic OH excluding ortho intramolecular Hbond substituents is 1. The molecule has 2 aromatic rings. The quantitative estimate of drug-likeness (QED) is 0.766. The molecule has 0 aliphatic carbocycles. The molecule has 1 aromatic heterocycles. The van der Waals surface area contributed by atoms with Gasteiger partial charge in [0.05, 0.1) is 5.56 Å². The number of hydrogen-bond donors (Lipinski definition) is 2. The zero-order chi connectivity index (χ0) is 16.1. The van der Waals surface area contributed by atoms with Crippen LogP contribution in [0.2, 0.25) is 0 Å². The van der Waals surface area contributed by atoms with Gasteiger partial charge in [0.25, 0.3) is 0 Å². The number of amides is 1. The third kappa shape index (κ3) is 4.05. The van der Waals surface area contributed by atoms with Gasteiger partial charge >= 0.3 is 0 Å². The number of benzene rings is 1. The fourth-order valence-electron chi connectivity index (χ4n) is 2.17. The summed E-state index contributed by atoms with van der Waals surface area (Å²) in [5.74, 6) is 0.0195. The van der Waals surface area contributed by atoms with Gasteiger partial charge in [-0.05, 0) is 38.7 Å². The van der Waals surface area contributed by atoms with Crippen molar-refractivity contribution in [3.05, 3.63) is 28.6 Å². The van der Waals surface area contributed by atoms with Gasteiger partial charge in [0.1, 0.15) is 5.75 Å². The van der Waals surface area contributed by atoms with Gasteiger partial charge in [-0.15, -0.1) is 11.3 Å². The van der Waals surface area contributed by atoms with Gasteiger partial charge in [0.2, 0.25) is 5.91 Å². The highest BCUT2D eigenvalue weighted by molar-refractivity contribution is 7.19. The first-order valence-electron chi connectivity index (χ1n) is 7.12. The van der Waals surface area contributed by atoms with Crippen LogP contribution in [0, 0.1) is 0 Å². The van der Waals surface area contributed by atoms with Crippen molar-refractivity contribution in [3.8, 4) is 5.75 Å². The van der Waals surface area contributed by atoms with Gasteiger partial charge in [-0.25, -0.2) is 0 Å². The number of hydrogen-bond acceptors (Lipinski definition) is 5. The molecule has 0 aliphatic heterocycles. The minimum atomic E-state index is -0.00622. The fourth-order valence-corrected chi connectivity index (χ4v) is 3.24. The van der Waals surface area contributed by atoms with Gasteiger partial charge in [-0.1, -0.05) is 0 Å². The standard InChI is InChI=1S/C16H20N2O3S/c1-18(2)8-7-17-16(21)6-3-11-9-12-13(10-19)14(20)4-5-15(12)22-11/h4-5,9-10,20H,3,6-8H2,1-2H3,(H,17,21). The van der Waals surface area contributed by atoms with Crippen LogP contribution in [-0.2, 0) is 11.2 Å². The molecular weight excluding hydrogens is 300 g/mol. The molecule has 0 atom stereocenters. The Morgan fingerprint density at radius 1 is 1.41 bits per heavy atom. The van der Waals surface area contributed by atoms with E-state index in [1.807, 2.05) is 25.1 Å². The Kier molecular flexibility index (Phi) is 5.51. The molecule has 0 aliphatic rings. The number of rotatable bonds is 7. The maximum Gasteiger partial charge on any atom is 0.220 e. The lowest BCUT2D eigenvalue weighted by Gasteiger charge is -2.09. The zero-order valence-corrected chi connectivity index (χ0v) is 13.6. The summed E-state index contributed by atoms with van der Waals surface area (Å²) in [5, 5.41) is 13.3. The predicted molar refractivity (Wildman–Crippen MR) is 88.8 cm³/mol. The monoisotopic (exact) mass is 320 g/mol. The van der Waals surface area contributed by atoms with Crippen molar-refractivity contribution in [1.82, 2.24) is 10.2 Å². The number of thiophene rings is 1. The summed E-state index contributed by atoms with van der Waals surface area (Å²) in [7, 11) is 3.92. The van der Waals surface area contributed by atoms with E-state index in [-0.39, 0.29) is 11.7 Å². The number of likely N-dealkylation sites (N-methyl/N-ethyl adjacent to an activating group) is 1. The second kappa shape index (κ2) is 7.38. The highest BCUT2D eigenvalue weighted by Crippen LogP contribution is 2.32. The van der Waals surface area contributed by atoms with Crippen molar-refractivity contribution in [3.63, 3.8) is 0 Å². The van der Waals surface area contributed by atoms with E-state index in [4.69, 9.17) is 0 Å². The van der Waals surface area contributed by atoms with Crippen LogP contribution in [0.1, 0.15) is 21.7 Å². The fraction of sp³-hybridized carbons (Fsp3) is 0.375. The molecule has 1 heterocycles. The van der Waals surface area contributed by atoms with E-state index in [0.29, 0.717) is 31.2 Å². The number of nitrogens with one attached hydrogen (secondary N) is 1. The maximum absolute atomic E-state index is 11.8. The molecule has 6 heteroatoms. The first kappa shape index (κ1) is 16.5. The molecule has 0 saturated carbocycles. The molecule has 22 heavy (non-hydrogen) atoms. The molecule has 0 radical (unpaired) electrons. The van der Waals surface area contributed by atoms with Crippen LogP contribution in [0.25, 0.3) is 10.1 Å². The number of nitrogens with zero attached hydrogens (tertiary/aromatic N) is 1. The molecule has 1 amide bonds. The molecule has 2 N–H and O–H groups in total. The van der Waals surface area contributed by atoms with Crippen LogP contribution in [0.15, 0.2) is 18.2 Å². The molecule has 118 valence electrons. The molecule has 0 saturated heterocycles. The molecule has 0 unspecified atom stereocenters. The van der Waals surface area contributed by atoms with Crippen LogP contribution in [-0.4, -0.2) is 49.4 Å². The highest BCUT2D eigenvalue weighted by atomic mass is 32.1. The Labute approximate surface area is 133 Å². The molecular formula is C16H20N2O3S. The van der Waals surface area contributed by atoms with Crippen molar-refractivity contribution in [1.29, 1.82) is 0 Å². The number of aryl methyl sites for hydroxylation is 1. The second-order valence-electron chi connectivity index (χ2n) is 5.39. The third-order valence-corrected chi connectivity index (χ3v) is 4.53. The minimum Gasteiger partial charge on any atom is -0.507 e. The Hall–Kier alpha value is -1.92. The smallest absolute Gasteiger partial charge is 0.220 e. The average Bonchev–Trinajstić information content (AvgIpc) is 2.87. The van der Waals surface area contributed by atoms with E-state index in [9.17, 15) is 14.7 Å². The zero-order valence-electron chi connectivity index (χ0n) is 12.8. The van der Waals surface area contributed by atoms with Crippen molar-refractivity contribution < 1.29 is 14.7 Å².